The summed E-state index contributed by atoms with van der Waals surface area (Å²) >= 11 is 0. The summed E-state index contributed by atoms with van der Waals surface area (Å²) in [7, 11) is 1.08. The Morgan fingerprint density at radius 2 is 1.64 bits per heavy atom. The Morgan fingerprint density at radius 1 is 1.18 bits per heavy atom. The van der Waals surface area contributed by atoms with Crippen molar-refractivity contribution in [1.29, 1.82) is 0 Å². The van der Waals surface area contributed by atoms with Crippen molar-refractivity contribution in [2.45, 2.75) is 13.1 Å². The Balaban J connectivity index is 0.000000292. The van der Waals surface area contributed by atoms with Crippen molar-refractivity contribution in [1.82, 2.24) is 0 Å². The fourth-order valence-corrected chi connectivity index (χ4v) is 0.589. The summed E-state index contributed by atoms with van der Waals surface area (Å²) in [5, 5.41) is 0. The van der Waals surface area contributed by atoms with Crippen molar-refractivity contribution in [3.63, 3.8) is 0 Å². The van der Waals surface area contributed by atoms with Crippen LogP contribution >= 0.6 is 0 Å². The lowest BCUT2D eigenvalue weighted by Crippen LogP contribution is -1.63. The molecule has 0 fully saturated rings. The second-order valence-electron chi connectivity index (χ2n) is 2.11. The van der Waals surface area contributed by atoms with Crippen LogP contribution in [-0.4, -0.2) is 9.52 Å². The minimum absolute atomic E-state index is 1.08. The predicted molar refractivity (Wildman–Crippen MR) is 54.0 cm³/mol. The summed E-state index contributed by atoms with van der Waals surface area (Å²) in [6, 6.07) is 10.0. The molecule has 11 heavy (non-hydrogen) atoms. The summed E-state index contributed by atoms with van der Waals surface area (Å²) in [6.07, 6.45) is 1.83. The summed E-state index contributed by atoms with van der Waals surface area (Å²) in [6.45, 7) is 7.94. The van der Waals surface area contributed by atoms with E-state index in [1.165, 1.54) is 5.56 Å². The average molecular weight is 162 g/mol. The summed E-state index contributed by atoms with van der Waals surface area (Å²) in [5.74, 6) is 0. The summed E-state index contributed by atoms with van der Waals surface area (Å²) < 4.78 is 0. The Hall–Kier alpha value is -0.823. The van der Waals surface area contributed by atoms with Crippen molar-refractivity contribution in [3.05, 3.63) is 42.5 Å². The van der Waals surface area contributed by atoms with E-state index < -0.39 is 0 Å². The van der Waals surface area contributed by atoms with E-state index in [0.717, 1.165) is 9.52 Å². The molecule has 0 heterocycles. The number of benzene rings is 1. The molecule has 1 aromatic carbocycles. The molecule has 0 atom stereocenters. The number of hydrogen-bond donors (Lipinski definition) is 0. The topological polar surface area (TPSA) is 0 Å². The highest BCUT2D eigenvalue weighted by Gasteiger charge is 1.75. The van der Waals surface area contributed by atoms with Crippen LogP contribution < -0.4 is 0 Å². The average Bonchev–Trinajstić information content (AvgIpc) is 2.08. The van der Waals surface area contributed by atoms with Crippen LogP contribution in [0.1, 0.15) is 5.56 Å². The lowest BCUT2D eigenvalue weighted by Gasteiger charge is -1.85. The second-order valence-corrected chi connectivity index (χ2v) is 3.11. The molecule has 1 heteroatoms. The van der Waals surface area contributed by atoms with Gasteiger partial charge in [-0.15, -0.1) is 0 Å². The Morgan fingerprint density at radius 3 is 1.91 bits per heavy atom. The zero-order chi connectivity index (χ0) is 8.53. The van der Waals surface area contributed by atoms with Crippen LogP contribution in [-0.2, 0) is 0 Å². The molecular weight excluding hydrogens is 148 g/mol. The molecule has 2 radical (unpaired) electrons. The highest BCUT2D eigenvalue weighted by Crippen LogP contribution is 1.97. The van der Waals surface area contributed by atoms with Gasteiger partial charge in [-0.2, -0.15) is 0 Å². The van der Waals surface area contributed by atoms with Crippen molar-refractivity contribution >= 4 is 15.6 Å². The van der Waals surface area contributed by atoms with Gasteiger partial charge in [0, 0.05) is 9.52 Å². The third-order valence-corrected chi connectivity index (χ3v) is 1.04. The lowest BCUT2D eigenvalue weighted by molar-refractivity contribution is 1.67. The van der Waals surface area contributed by atoms with Gasteiger partial charge in [0.05, 0.1) is 0 Å². The highest BCUT2D eigenvalue weighted by atomic mass is 28.2. The van der Waals surface area contributed by atoms with E-state index in [1.54, 1.807) is 0 Å². The first-order valence-electron chi connectivity index (χ1n) is 3.61. The van der Waals surface area contributed by atoms with Gasteiger partial charge in [0.1, 0.15) is 0 Å². The molecule has 58 valence electrons. The molecule has 0 bridgehead atoms. The first-order chi connectivity index (χ1) is 5.35. The molecule has 0 saturated heterocycles. The molecule has 0 aliphatic carbocycles. The predicted octanol–water partition coefficient (Wildman–Crippen LogP) is 3.12. The Bertz CT molecular complexity index is 179. The van der Waals surface area contributed by atoms with Gasteiger partial charge in [-0.1, -0.05) is 56.1 Å². The molecule has 0 nitrogen and oxygen atoms in total. The van der Waals surface area contributed by atoms with Gasteiger partial charge < -0.3 is 0 Å². The molecule has 1 rings (SSSR count). The molecular formula is C10H14Si. The van der Waals surface area contributed by atoms with Gasteiger partial charge in [0.15, 0.2) is 0 Å². The van der Waals surface area contributed by atoms with E-state index in [4.69, 9.17) is 0 Å². The lowest BCUT2D eigenvalue weighted by atomic mass is 10.2. The first kappa shape index (κ1) is 10.2. The fourth-order valence-electron chi connectivity index (χ4n) is 0.589. The summed E-state index contributed by atoms with van der Waals surface area (Å²) in [5.41, 5.74) is 1.17. The van der Waals surface area contributed by atoms with Crippen LogP contribution in [0, 0.1) is 0 Å². The maximum atomic E-state index is 3.63. The zero-order valence-electron chi connectivity index (χ0n) is 7.17. The monoisotopic (exact) mass is 162 g/mol. The van der Waals surface area contributed by atoms with Crippen LogP contribution in [0.25, 0.3) is 6.08 Å². The van der Waals surface area contributed by atoms with Gasteiger partial charge in [-0.3, -0.25) is 0 Å². The standard InChI is InChI=1S/C8H8.C2H6Si/c1-2-8-6-4-3-5-7-8;1-3-2/h2-7H,1H2;1-2H3. The molecule has 0 aliphatic heterocycles. The van der Waals surface area contributed by atoms with Crippen LogP contribution in [0.5, 0.6) is 0 Å². The molecule has 0 unspecified atom stereocenters. The minimum atomic E-state index is 1.08. The number of hydrogen-bond acceptors (Lipinski definition) is 0. The third-order valence-electron chi connectivity index (χ3n) is 1.04. The quantitative estimate of drug-likeness (QED) is 0.557. The van der Waals surface area contributed by atoms with Gasteiger partial charge >= 0.3 is 0 Å². The molecule has 0 amide bonds. The molecule has 0 saturated carbocycles. The Labute approximate surface area is 71.8 Å². The molecule has 0 N–H and O–H groups in total. The van der Waals surface area contributed by atoms with Crippen molar-refractivity contribution in [2.75, 3.05) is 0 Å². The molecule has 0 aromatic heterocycles. The largest absolute Gasteiger partial charge is 0.0985 e. The van der Waals surface area contributed by atoms with Crippen LogP contribution in [0.4, 0.5) is 0 Å². The highest BCUT2D eigenvalue weighted by molar-refractivity contribution is 6.31. The van der Waals surface area contributed by atoms with E-state index in [9.17, 15) is 0 Å². The van der Waals surface area contributed by atoms with Crippen molar-refractivity contribution < 1.29 is 0 Å². The van der Waals surface area contributed by atoms with E-state index in [0.29, 0.717) is 0 Å². The van der Waals surface area contributed by atoms with Crippen molar-refractivity contribution in [3.8, 4) is 0 Å². The van der Waals surface area contributed by atoms with Gasteiger partial charge in [0.2, 0.25) is 0 Å². The van der Waals surface area contributed by atoms with Gasteiger partial charge in [-0.05, 0) is 5.56 Å². The smallest absolute Gasteiger partial charge is 0.0307 e. The van der Waals surface area contributed by atoms with Crippen LogP contribution in [0.15, 0.2) is 36.9 Å². The Kier molecular flexibility index (Phi) is 6.74. The molecule has 0 spiro atoms. The maximum absolute atomic E-state index is 3.63. The minimum Gasteiger partial charge on any atom is -0.0985 e. The van der Waals surface area contributed by atoms with Gasteiger partial charge in [0.25, 0.3) is 0 Å². The van der Waals surface area contributed by atoms with Crippen LogP contribution in [0.3, 0.4) is 0 Å². The third kappa shape index (κ3) is 5.61. The van der Waals surface area contributed by atoms with Crippen LogP contribution in [0.2, 0.25) is 13.1 Å². The molecule has 1 aromatic rings. The fraction of sp³-hybridized carbons (Fsp3) is 0.200. The SMILES string of the molecule is C=Cc1ccccc1.C[Si]C. The van der Waals surface area contributed by atoms with E-state index in [1.807, 2.05) is 36.4 Å². The van der Waals surface area contributed by atoms with E-state index in [-0.39, 0.29) is 0 Å². The second kappa shape index (κ2) is 7.29. The van der Waals surface area contributed by atoms with Gasteiger partial charge in [-0.25, -0.2) is 0 Å². The van der Waals surface area contributed by atoms with Crippen molar-refractivity contribution in [2.24, 2.45) is 0 Å². The van der Waals surface area contributed by atoms with E-state index >= 15 is 0 Å². The number of rotatable bonds is 1. The van der Waals surface area contributed by atoms with E-state index in [2.05, 4.69) is 19.7 Å². The first-order valence-corrected chi connectivity index (χ1v) is 5.61. The zero-order valence-corrected chi connectivity index (χ0v) is 8.17. The normalized spacial score (nSPS) is 7.82. The maximum Gasteiger partial charge on any atom is 0.0307 e. The molecule has 0 aliphatic rings. The summed E-state index contributed by atoms with van der Waals surface area (Å²) in [4.78, 5) is 0.